The molecule has 1 aromatic carbocycles. The van der Waals surface area contributed by atoms with E-state index in [0.717, 1.165) is 11.1 Å². The van der Waals surface area contributed by atoms with Gasteiger partial charge < -0.3 is 10.2 Å². The number of carbonyl (C=O) groups is 2. The lowest BCUT2D eigenvalue weighted by Crippen LogP contribution is -2.41. The minimum atomic E-state index is -0.518. The molecule has 1 rings (SSSR count). The van der Waals surface area contributed by atoms with Gasteiger partial charge in [-0.05, 0) is 51.9 Å². The highest BCUT2D eigenvalue weighted by atomic mass is 16.6. The van der Waals surface area contributed by atoms with Crippen LogP contribution in [0.5, 0.6) is 0 Å². The number of rotatable bonds is 8. The van der Waals surface area contributed by atoms with Gasteiger partial charge in [-0.15, -0.1) is 0 Å². The molecule has 0 heterocycles. The van der Waals surface area contributed by atoms with Gasteiger partial charge >= 0.3 is 0 Å². The van der Waals surface area contributed by atoms with Gasteiger partial charge in [-0.2, -0.15) is 0 Å². The number of hydrogen-bond acceptors (Lipinski definition) is 5. The average Bonchev–Trinajstić information content (AvgIpc) is 2.51. The molecule has 0 radical (unpaired) electrons. The summed E-state index contributed by atoms with van der Waals surface area (Å²) in [6, 6.07) is 3.03. The molecule has 1 N–H and O–H groups in total. The standard InChI is InChI=1S/C17H26N4O4/c1-6-20(7-2)17(23)11-19(5)10-16(22)18-14-8-12(3)13(4)9-15(14)21(24)25/h8-9H,6-7,10-11H2,1-5H3,(H,18,22). The molecule has 0 aliphatic rings. The number of anilines is 1. The monoisotopic (exact) mass is 350 g/mol. The molecule has 25 heavy (non-hydrogen) atoms. The number of nitrogens with one attached hydrogen (secondary N) is 1. The van der Waals surface area contributed by atoms with Crippen LogP contribution in [0.2, 0.25) is 0 Å². The number of nitrogens with zero attached hydrogens (tertiary/aromatic N) is 3. The van der Waals surface area contributed by atoms with Crippen molar-refractivity contribution in [2.24, 2.45) is 0 Å². The molecule has 1 aromatic rings. The molecule has 0 saturated carbocycles. The van der Waals surface area contributed by atoms with E-state index in [0.29, 0.717) is 13.1 Å². The number of aryl methyl sites for hydroxylation is 2. The van der Waals surface area contributed by atoms with Crippen LogP contribution in [-0.4, -0.2) is 59.8 Å². The van der Waals surface area contributed by atoms with Crippen LogP contribution in [0.25, 0.3) is 0 Å². The van der Waals surface area contributed by atoms with Gasteiger partial charge in [0.1, 0.15) is 5.69 Å². The number of benzene rings is 1. The predicted octanol–water partition coefficient (Wildman–Crippen LogP) is 1.95. The third-order valence-electron chi connectivity index (χ3n) is 4.02. The van der Waals surface area contributed by atoms with E-state index < -0.39 is 10.8 Å². The van der Waals surface area contributed by atoms with Crippen LogP contribution in [0.1, 0.15) is 25.0 Å². The Morgan fingerprint density at radius 2 is 1.68 bits per heavy atom. The molecule has 0 bridgehead atoms. The molecule has 0 saturated heterocycles. The zero-order chi connectivity index (χ0) is 19.1. The van der Waals surface area contributed by atoms with Crippen molar-refractivity contribution in [1.29, 1.82) is 0 Å². The van der Waals surface area contributed by atoms with E-state index in [-0.39, 0.29) is 30.4 Å². The van der Waals surface area contributed by atoms with Crippen LogP contribution in [0.15, 0.2) is 12.1 Å². The average molecular weight is 350 g/mol. The molecule has 2 amide bonds. The first-order chi connectivity index (χ1) is 11.7. The van der Waals surface area contributed by atoms with Gasteiger partial charge in [0, 0.05) is 19.2 Å². The van der Waals surface area contributed by atoms with Gasteiger partial charge in [0.15, 0.2) is 0 Å². The number of nitro groups is 1. The van der Waals surface area contributed by atoms with Crippen molar-refractivity contribution in [3.05, 3.63) is 33.4 Å². The number of likely N-dealkylation sites (N-methyl/N-ethyl adjacent to an activating group) is 2. The van der Waals surface area contributed by atoms with E-state index in [9.17, 15) is 19.7 Å². The van der Waals surface area contributed by atoms with Gasteiger partial charge in [-0.25, -0.2) is 0 Å². The molecule has 0 unspecified atom stereocenters. The fourth-order valence-electron chi connectivity index (χ4n) is 2.45. The van der Waals surface area contributed by atoms with Gasteiger partial charge in [-0.3, -0.25) is 24.6 Å². The van der Waals surface area contributed by atoms with E-state index in [1.807, 2.05) is 20.8 Å². The van der Waals surface area contributed by atoms with Crippen LogP contribution >= 0.6 is 0 Å². The maximum Gasteiger partial charge on any atom is 0.293 e. The van der Waals surface area contributed by atoms with E-state index >= 15 is 0 Å². The van der Waals surface area contributed by atoms with Gasteiger partial charge in [0.2, 0.25) is 11.8 Å². The summed E-state index contributed by atoms with van der Waals surface area (Å²) in [6.07, 6.45) is 0. The number of amides is 2. The van der Waals surface area contributed by atoms with Gasteiger partial charge in [-0.1, -0.05) is 0 Å². The summed E-state index contributed by atoms with van der Waals surface area (Å²) in [4.78, 5) is 38.1. The number of hydrogen-bond donors (Lipinski definition) is 1. The zero-order valence-corrected chi connectivity index (χ0v) is 15.5. The molecular formula is C17H26N4O4. The summed E-state index contributed by atoms with van der Waals surface area (Å²) in [6.45, 7) is 8.71. The second-order valence-electron chi connectivity index (χ2n) is 6.00. The first-order valence-electron chi connectivity index (χ1n) is 8.21. The largest absolute Gasteiger partial charge is 0.342 e. The Bertz CT molecular complexity index is 656. The van der Waals surface area contributed by atoms with E-state index in [2.05, 4.69) is 5.32 Å². The molecule has 0 aromatic heterocycles. The SMILES string of the molecule is CCN(CC)C(=O)CN(C)CC(=O)Nc1cc(C)c(C)cc1[N+](=O)[O-]. The second-order valence-corrected chi connectivity index (χ2v) is 6.00. The Balaban J connectivity index is 2.75. The first-order valence-corrected chi connectivity index (χ1v) is 8.21. The Hall–Kier alpha value is -2.48. The summed E-state index contributed by atoms with van der Waals surface area (Å²) in [5.41, 5.74) is 1.66. The van der Waals surface area contributed by atoms with E-state index in [4.69, 9.17) is 0 Å². The molecule has 8 heteroatoms. The van der Waals surface area contributed by atoms with Crippen molar-refractivity contribution < 1.29 is 14.5 Å². The molecule has 0 fully saturated rings. The minimum Gasteiger partial charge on any atom is -0.342 e. The van der Waals surface area contributed by atoms with Crippen molar-refractivity contribution in [3.8, 4) is 0 Å². The second kappa shape index (κ2) is 9.12. The smallest absolute Gasteiger partial charge is 0.293 e. The Labute approximate surface area is 147 Å². The molecule has 138 valence electrons. The zero-order valence-electron chi connectivity index (χ0n) is 15.5. The summed E-state index contributed by atoms with van der Waals surface area (Å²) < 4.78 is 0. The normalized spacial score (nSPS) is 10.6. The highest BCUT2D eigenvalue weighted by molar-refractivity contribution is 5.95. The number of nitro benzene ring substituents is 1. The molecule has 0 spiro atoms. The Morgan fingerprint density at radius 3 is 2.20 bits per heavy atom. The van der Waals surface area contributed by atoms with Gasteiger partial charge in [0.05, 0.1) is 18.0 Å². The summed E-state index contributed by atoms with van der Waals surface area (Å²) in [7, 11) is 1.66. The maximum absolute atomic E-state index is 12.2. The molecule has 0 aliphatic carbocycles. The number of carbonyl (C=O) groups excluding carboxylic acids is 2. The molecule has 0 atom stereocenters. The van der Waals surface area contributed by atoms with Crippen molar-refractivity contribution in [3.63, 3.8) is 0 Å². The third kappa shape index (κ3) is 5.82. The van der Waals surface area contributed by atoms with E-state index in [1.54, 1.807) is 29.8 Å². The van der Waals surface area contributed by atoms with Crippen LogP contribution in [0, 0.1) is 24.0 Å². The van der Waals surface area contributed by atoms with Crippen LogP contribution in [0.3, 0.4) is 0 Å². The lowest BCUT2D eigenvalue weighted by molar-refractivity contribution is -0.384. The van der Waals surface area contributed by atoms with Crippen LogP contribution in [-0.2, 0) is 9.59 Å². The van der Waals surface area contributed by atoms with Crippen LogP contribution in [0.4, 0.5) is 11.4 Å². The highest BCUT2D eigenvalue weighted by Gasteiger charge is 2.19. The van der Waals surface area contributed by atoms with E-state index in [1.165, 1.54) is 6.07 Å². The maximum atomic E-state index is 12.2. The minimum absolute atomic E-state index is 0.0307. The topological polar surface area (TPSA) is 95.8 Å². The van der Waals surface area contributed by atoms with Crippen LogP contribution < -0.4 is 5.32 Å². The summed E-state index contributed by atoms with van der Waals surface area (Å²) in [5.74, 6) is -0.460. The predicted molar refractivity (Wildman–Crippen MR) is 96.6 cm³/mol. The molecule has 0 aliphatic heterocycles. The highest BCUT2D eigenvalue weighted by Crippen LogP contribution is 2.27. The first kappa shape index (κ1) is 20.6. The van der Waals surface area contributed by atoms with Crippen molar-refractivity contribution >= 4 is 23.2 Å². The van der Waals surface area contributed by atoms with Gasteiger partial charge in [0.25, 0.3) is 5.69 Å². The van der Waals surface area contributed by atoms with Crippen molar-refractivity contribution in [1.82, 2.24) is 9.80 Å². The van der Waals surface area contributed by atoms with Crippen molar-refractivity contribution in [2.45, 2.75) is 27.7 Å². The lowest BCUT2D eigenvalue weighted by Gasteiger charge is -2.22. The fourth-order valence-corrected chi connectivity index (χ4v) is 2.45. The third-order valence-corrected chi connectivity index (χ3v) is 4.02. The fraction of sp³-hybridized carbons (Fsp3) is 0.529. The Kier molecular flexibility index (Phi) is 7.50. The molecule has 8 nitrogen and oxygen atoms in total. The summed E-state index contributed by atoms with van der Waals surface area (Å²) in [5, 5.41) is 13.7. The lowest BCUT2D eigenvalue weighted by atomic mass is 10.1. The Morgan fingerprint density at radius 1 is 1.12 bits per heavy atom. The summed E-state index contributed by atoms with van der Waals surface area (Å²) >= 11 is 0. The quantitative estimate of drug-likeness (QED) is 0.571. The molecular weight excluding hydrogens is 324 g/mol. The van der Waals surface area contributed by atoms with Crippen molar-refractivity contribution in [2.75, 3.05) is 38.5 Å².